The first-order chi connectivity index (χ1) is 12.9. The zero-order valence-electron chi connectivity index (χ0n) is 16.1. The minimum absolute atomic E-state index is 0.153. The zero-order valence-corrected chi connectivity index (χ0v) is 16.9. The molecule has 0 aliphatic rings. The Bertz CT molecular complexity index is 833. The molecule has 1 amide bonds. The predicted molar refractivity (Wildman–Crippen MR) is 110 cm³/mol. The van der Waals surface area contributed by atoms with E-state index in [0.29, 0.717) is 25.3 Å². The van der Waals surface area contributed by atoms with Gasteiger partial charge in [-0.25, -0.2) is 8.42 Å². The third-order valence-electron chi connectivity index (χ3n) is 4.32. The number of benzene rings is 2. The Hall–Kier alpha value is -2.38. The molecule has 0 heterocycles. The number of hydrogen-bond acceptors (Lipinski definition) is 4. The van der Waals surface area contributed by atoms with E-state index < -0.39 is 10.0 Å². The molecule has 0 aliphatic heterocycles. The van der Waals surface area contributed by atoms with Gasteiger partial charge in [0, 0.05) is 31.0 Å². The summed E-state index contributed by atoms with van der Waals surface area (Å²) in [5, 5.41) is 2.82. The van der Waals surface area contributed by atoms with E-state index in [2.05, 4.69) is 5.32 Å². The second-order valence-electron chi connectivity index (χ2n) is 6.01. The van der Waals surface area contributed by atoms with Gasteiger partial charge < -0.3 is 10.2 Å². The molecule has 146 valence electrons. The van der Waals surface area contributed by atoms with Crippen LogP contribution in [0.1, 0.15) is 20.8 Å². The molecule has 6 nitrogen and oxygen atoms in total. The summed E-state index contributed by atoms with van der Waals surface area (Å²) in [6, 6.07) is 16.0. The number of carbonyl (C=O) groups is 1. The fourth-order valence-electron chi connectivity index (χ4n) is 2.82. The van der Waals surface area contributed by atoms with Crippen LogP contribution in [0, 0.1) is 0 Å². The summed E-state index contributed by atoms with van der Waals surface area (Å²) >= 11 is 0. The first kappa shape index (κ1) is 20.9. The van der Waals surface area contributed by atoms with Crippen LogP contribution in [0.25, 0.3) is 0 Å². The normalized spacial score (nSPS) is 11.4. The molecule has 27 heavy (non-hydrogen) atoms. The van der Waals surface area contributed by atoms with Crippen molar-refractivity contribution in [1.82, 2.24) is 4.31 Å². The van der Waals surface area contributed by atoms with Gasteiger partial charge in [0.25, 0.3) is 0 Å². The molecule has 2 aromatic carbocycles. The van der Waals surface area contributed by atoms with E-state index >= 15 is 0 Å². The Morgan fingerprint density at radius 3 is 2.00 bits per heavy atom. The predicted octanol–water partition coefficient (Wildman–Crippen LogP) is 3.18. The number of carbonyl (C=O) groups excluding carboxylic acids is 1. The monoisotopic (exact) mass is 389 g/mol. The molecule has 1 N–H and O–H groups in total. The summed E-state index contributed by atoms with van der Waals surface area (Å²) in [5.41, 5.74) is 1.55. The van der Waals surface area contributed by atoms with Crippen molar-refractivity contribution in [2.24, 2.45) is 0 Å². The Kier molecular flexibility index (Phi) is 7.38. The van der Waals surface area contributed by atoms with Gasteiger partial charge in [-0.1, -0.05) is 32.0 Å². The van der Waals surface area contributed by atoms with Crippen LogP contribution in [-0.4, -0.2) is 44.8 Å². The highest BCUT2D eigenvalue weighted by Crippen LogP contribution is 2.18. The zero-order chi connectivity index (χ0) is 19.9. The van der Waals surface area contributed by atoms with Gasteiger partial charge >= 0.3 is 0 Å². The molecule has 0 fully saturated rings. The number of amides is 1. The number of hydrogen-bond donors (Lipinski definition) is 1. The maximum atomic E-state index is 12.5. The van der Waals surface area contributed by atoms with Crippen LogP contribution in [0.4, 0.5) is 11.4 Å². The van der Waals surface area contributed by atoms with E-state index in [9.17, 15) is 13.2 Å². The van der Waals surface area contributed by atoms with Crippen LogP contribution in [0.3, 0.4) is 0 Å². The second kappa shape index (κ2) is 9.53. The van der Waals surface area contributed by atoms with Crippen LogP contribution >= 0.6 is 0 Å². The van der Waals surface area contributed by atoms with Crippen molar-refractivity contribution in [3.05, 3.63) is 54.6 Å². The smallest absolute Gasteiger partial charge is 0.243 e. The summed E-state index contributed by atoms with van der Waals surface area (Å²) in [6.07, 6.45) is 0. The summed E-state index contributed by atoms with van der Waals surface area (Å²) in [6.45, 7) is 7.38. The van der Waals surface area contributed by atoms with Gasteiger partial charge in [0.05, 0.1) is 11.4 Å². The number of anilines is 2. The quantitative estimate of drug-likeness (QED) is 0.715. The maximum absolute atomic E-state index is 12.5. The molecule has 0 aliphatic carbocycles. The lowest BCUT2D eigenvalue weighted by molar-refractivity contribution is -0.115. The highest BCUT2D eigenvalue weighted by atomic mass is 32.2. The molecule has 0 unspecified atom stereocenters. The summed E-state index contributed by atoms with van der Waals surface area (Å²) in [4.78, 5) is 14.6. The number of sulfonamides is 1. The van der Waals surface area contributed by atoms with Gasteiger partial charge in [-0.2, -0.15) is 4.31 Å². The largest absolute Gasteiger partial charge is 0.362 e. The Morgan fingerprint density at radius 2 is 1.48 bits per heavy atom. The molecule has 0 saturated heterocycles. The molecule has 0 spiro atoms. The summed E-state index contributed by atoms with van der Waals surface area (Å²) in [5.74, 6) is -0.153. The van der Waals surface area contributed by atoms with Crippen LogP contribution in [0.5, 0.6) is 0 Å². The fraction of sp³-hybridized carbons (Fsp3) is 0.350. The average Bonchev–Trinajstić information content (AvgIpc) is 2.68. The molecular weight excluding hydrogens is 362 g/mol. The average molecular weight is 390 g/mol. The van der Waals surface area contributed by atoms with Crippen molar-refractivity contribution in [2.75, 3.05) is 36.4 Å². The first-order valence-corrected chi connectivity index (χ1v) is 10.6. The Morgan fingerprint density at radius 1 is 0.889 bits per heavy atom. The van der Waals surface area contributed by atoms with Gasteiger partial charge in [0.15, 0.2) is 0 Å². The summed E-state index contributed by atoms with van der Waals surface area (Å²) < 4.78 is 26.4. The van der Waals surface area contributed by atoms with Crippen molar-refractivity contribution in [1.29, 1.82) is 0 Å². The van der Waals surface area contributed by atoms with E-state index in [-0.39, 0.29) is 17.3 Å². The number of nitrogens with one attached hydrogen (secondary N) is 1. The van der Waals surface area contributed by atoms with Crippen molar-refractivity contribution in [3.63, 3.8) is 0 Å². The molecule has 7 heteroatoms. The highest BCUT2D eigenvalue weighted by molar-refractivity contribution is 7.89. The number of para-hydroxylation sites is 1. The maximum Gasteiger partial charge on any atom is 0.243 e. The fourth-order valence-corrected chi connectivity index (χ4v) is 4.28. The highest BCUT2D eigenvalue weighted by Gasteiger charge is 2.21. The van der Waals surface area contributed by atoms with Gasteiger partial charge in [0.2, 0.25) is 15.9 Å². The number of rotatable bonds is 9. The third-order valence-corrected chi connectivity index (χ3v) is 6.38. The van der Waals surface area contributed by atoms with E-state index in [4.69, 9.17) is 0 Å². The van der Waals surface area contributed by atoms with Gasteiger partial charge in [-0.15, -0.1) is 0 Å². The lowest BCUT2D eigenvalue weighted by Gasteiger charge is -2.22. The second-order valence-corrected chi connectivity index (χ2v) is 7.95. The molecule has 0 aromatic heterocycles. The molecular formula is C20H27N3O3S. The van der Waals surface area contributed by atoms with E-state index in [1.807, 2.05) is 56.0 Å². The molecule has 2 aromatic rings. The molecule has 2 rings (SSSR count). The van der Waals surface area contributed by atoms with Crippen LogP contribution < -0.4 is 10.2 Å². The van der Waals surface area contributed by atoms with Crippen LogP contribution in [0.15, 0.2) is 59.5 Å². The third kappa shape index (κ3) is 5.30. The van der Waals surface area contributed by atoms with E-state index in [1.54, 1.807) is 12.1 Å². The summed E-state index contributed by atoms with van der Waals surface area (Å²) in [7, 11) is -3.49. The minimum atomic E-state index is -3.49. The molecule has 0 saturated carbocycles. The Labute approximate surface area is 161 Å². The van der Waals surface area contributed by atoms with Crippen LogP contribution in [0.2, 0.25) is 0 Å². The molecule has 0 radical (unpaired) electrons. The molecule has 0 atom stereocenters. The standard InChI is InChI=1S/C20H27N3O3S/c1-4-22(18-10-8-7-9-11-18)16-20(24)21-17-12-14-19(15-13-17)27(25,26)23(5-2)6-3/h7-15H,4-6,16H2,1-3H3,(H,21,24). The topological polar surface area (TPSA) is 69.7 Å². The van der Waals surface area contributed by atoms with Gasteiger partial charge in [-0.05, 0) is 43.3 Å². The lowest BCUT2D eigenvalue weighted by atomic mass is 10.2. The van der Waals surface area contributed by atoms with Gasteiger partial charge in [-0.3, -0.25) is 4.79 Å². The van der Waals surface area contributed by atoms with Crippen molar-refractivity contribution in [3.8, 4) is 0 Å². The molecule has 0 bridgehead atoms. The number of nitrogens with zero attached hydrogens (tertiary/aromatic N) is 2. The SMILES string of the molecule is CCN(CC(=O)Nc1ccc(S(=O)(=O)N(CC)CC)cc1)c1ccccc1. The Balaban J connectivity index is 2.04. The van der Waals surface area contributed by atoms with Crippen molar-refractivity contribution >= 4 is 27.3 Å². The van der Waals surface area contributed by atoms with E-state index in [1.165, 1.54) is 16.4 Å². The number of likely N-dealkylation sites (N-methyl/N-ethyl adjacent to an activating group) is 1. The minimum Gasteiger partial charge on any atom is -0.362 e. The van der Waals surface area contributed by atoms with Crippen LogP contribution in [-0.2, 0) is 14.8 Å². The van der Waals surface area contributed by atoms with E-state index in [0.717, 1.165) is 5.69 Å². The van der Waals surface area contributed by atoms with Gasteiger partial charge in [0.1, 0.15) is 0 Å². The van der Waals surface area contributed by atoms with Crippen molar-refractivity contribution in [2.45, 2.75) is 25.7 Å². The first-order valence-electron chi connectivity index (χ1n) is 9.12. The lowest BCUT2D eigenvalue weighted by Crippen LogP contribution is -2.33. The van der Waals surface area contributed by atoms with Crippen molar-refractivity contribution < 1.29 is 13.2 Å².